The van der Waals surface area contributed by atoms with E-state index in [-0.39, 0.29) is 23.8 Å². The third-order valence-electron chi connectivity index (χ3n) is 8.59. The summed E-state index contributed by atoms with van der Waals surface area (Å²) in [6.07, 6.45) is 6.29. The van der Waals surface area contributed by atoms with Gasteiger partial charge in [-0.05, 0) is 99.5 Å². The number of nitrogens with zero attached hydrogens (tertiary/aromatic N) is 3. The lowest BCUT2D eigenvalue weighted by Gasteiger charge is -2.32. The van der Waals surface area contributed by atoms with Gasteiger partial charge in [0.15, 0.2) is 5.76 Å². The lowest BCUT2D eigenvalue weighted by atomic mass is 9.95. The number of hydrogen-bond donors (Lipinski definition) is 2. The Morgan fingerprint density at radius 1 is 0.900 bits per heavy atom. The molecule has 0 radical (unpaired) electrons. The average molecular weight is 540 g/mol. The van der Waals surface area contributed by atoms with Gasteiger partial charge in [-0.25, -0.2) is 0 Å². The van der Waals surface area contributed by atoms with Crippen LogP contribution in [0.1, 0.15) is 60.2 Å². The van der Waals surface area contributed by atoms with Crippen molar-refractivity contribution in [2.24, 2.45) is 11.8 Å². The van der Waals surface area contributed by atoms with Crippen LogP contribution in [0.2, 0.25) is 0 Å². The summed E-state index contributed by atoms with van der Waals surface area (Å²) in [5.41, 5.74) is 3.23. The van der Waals surface area contributed by atoms with Crippen LogP contribution in [0.4, 0.5) is 5.69 Å². The first-order chi connectivity index (χ1) is 19.5. The van der Waals surface area contributed by atoms with Gasteiger partial charge in [0.25, 0.3) is 5.91 Å². The van der Waals surface area contributed by atoms with E-state index in [4.69, 9.17) is 9.68 Å². The number of fused-ring (bicyclic) bond motifs is 1. The Hall–Kier alpha value is -3.67. The first kappa shape index (κ1) is 26.5. The molecule has 3 aliphatic rings. The van der Waals surface area contributed by atoms with Crippen molar-refractivity contribution in [2.45, 2.75) is 51.1 Å². The zero-order chi connectivity index (χ0) is 27.5. The number of piperidine rings is 2. The maximum absolute atomic E-state index is 13.0. The van der Waals surface area contributed by atoms with Gasteiger partial charge in [-0.2, -0.15) is 5.26 Å². The van der Waals surface area contributed by atoms with E-state index in [1.165, 1.54) is 24.9 Å². The Labute approximate surface area is 235 Å². The molecule has 0 atom stereocenters. The van der Waals surface area contributed by atoms with E-state index in [2.05, 4.69) is 26.5 Å². The Morgan fingerprint density at radius 3 is 2.33 bits per heavy atom. The second-order valence-corrected chi connectivity index (χ2v) is 11.7. The summed E-state index contributed by atoms with van der Waals surface area (Å²) in [5.74, 6) is 1.11. The summed E-state index contributed by atoms with van der Waals surface area (Å²) in [6.45, 7) is 5.84. The molecule has 1 aromatic heterocycles. The van der Waals surface area contributed by atoms with Crippen molar-refractivity contribution in [3.05, 3.63) is 65.4 Å². The van der Waals surface area contributed by atoms with Gasteiger partial charge < -0.3 is 20.0 Å². The Bertz CT molecular complexity index is 1390. The maximum Gasteiger partial charge on any atom is 0.287 e. The van der Waals surface area contributed by atoms with Gasteiger partial charge in [-0.15, -0.1) is 0 Å². The van der Waals surface area contributed by atoms with Gasteiger partial charge in [0.05, 0.1) is 11.6 Å². The Kier molecular flexibility index (Phi) is 7.85. The summed E-state index contributed by atoms with van der Waals surface area (Å²) >= 11 is 0. The SMILES string of the molecule is N#Cc1ccc(CN2CCC(NC(=O)c3cc4cc(NC(=O)C5CCN(CC6CC6)CC5)ccc4o3)CC2)cc1. The molecular weight excluding hydrogens is 502 g/mol. The van der Waals surface area contributed by atoms with E-state index in [1.807, 2.05) is 42.5 Å². The number of likely N-dealkylation sites (tertiary alicyclic amines) is 2. The summed E-state index contributed by atoms with van der Waals surface area (Å²) in [6, 6.07) is 17.3. The fourth-order valence-electron chi connectivity index (χ4n) is 5.96. The first-order valence-electron chi connectivity index (χ1n) is 14.6. The number of hydrogen-bond acceptors (Lipinski definition) is 6. The van der Waals surface area contributed by atoms with Crippen LogP contribution in [-0.4, -0.2) is 60.4 Å². The van der Waals surface area contributed by atoms with Gasteiger partial charge >= 0.3 is 0 Å². The number of anilines is 1. The minimum atomic E-state index is -0.203. The molecule has 2 saturated heterocycles. The smallest absolute Gasteiger partial charge is 0.287 e. The molecule has 40 heavy (non-hydrogen) atoms. The van der Waals surface area contributed by atoms with Crippen molar-refractivity contribution in [1.29, 1.82) is 5.26 Å². The minimum Gasteiger partial charge on any atom is -0.451 e. The summed E-state index contributed by atoms with van der Waals surface area (Å²) in [4.78, 5) is 30.7. The molecule has 1 aliphatic carbocycles. The van der Waals surface area contributed by atoms with Crippen LogP contribution in [0.25, 0.3) is 11.0 Å². The topological polar surface area (TPSA) is 102 Å². The van der Waals surface area contributed by atoms with Gasteiger partial charge in [0, 0.05) is 49.2 Å². The fourth-order valence-corrected chi connectivity index (χ4v) is 5.96. The number of nitriles is 1. The van der Waals surface area contributed by atoms with E-state index in [1.54, 1.807) is 6.07 Å². The zero-order valence-electron chi connectivity index (χ0n) is 22.9. The number of carbonyl (C=O) groups is 2. The number of carbonyl (C=O) groups excluding carboxylic acids is 2. The van der Waals surface area contributed by atoms with Crippen LogP contribution >= 0.6 is 0 Å². The second kappa shape index (κ2) is 11.8. The van der Waals surface area contributed by atoms with E-state index in [0.717, 1.165) is 75.4 Å². The van der Waals surface area contributed by atoms with Crippen LogP contribution in [-0.2, 0) is 11.3 Å². The molecule has 0 spiro atoms. The molecule has 0 bridgehead atoms. The molecule has 2 amide bonds. The highest BCUT2D eigenvalue weighted by Gasteiger charge is 2.29. The van der Waals surface area contributed by atoms with Crippen LogP contribution in [0.15, 0.2) is 52.9 Å². The van der Waals surface area contributed by atoms with Gasteiger partial charge in [-0.1, -0.05) is 12.1 Å². The molecule has 2 aliphatic heterocycles. The third-order valence-corrected chi connectivity index (χ3v) is 8.59. The van der Waals surface area contributed by atoms with Crippen LogP contribution in [0.3, 0.4) is 0 Å². The Balaban J connectivity index is 0.980. The fraction of sp³-hybridized carbons (Fsp3) is 0.469. The summed E-state index contributed by atoms with van der Waals surface area (Å²) in [7, 11) is 0. The standard InChI is InChI=1S/C32H37N5O3/c33-19-22-1-3-23(4-2-22)21-37-15-11-27(12-16-37)34-32(39)30-18-26-17-28(7-8-29(26)40-30)35-31(38)25-9-13-36(14-10-25)20-24-5-6-24/h1-4,7-8,17-18,24-25,27H,5-6,9-16,20-21H2,(H,34,39)(H,35,38). The third kappa shape index (κ3) is 6.55. The maximum atomic E-state index is 13.0. The van der Waals surface area contributed by atoms with Crippen molar-refractivity contribution in [1.82, 2.24) is 15.1 Å². The van der Waals surface area contributed by atoms with Gasteiger partial charge in [0.1, 0.15) is 5.58 Å². The molecule has 3 heterocycles. The minimum absolute atomic E-state index is 0.0485. The molecule has 0 unspecified atom stereocenters. The molecule has 8 heteroatoms. The highest BCUT2D eigenvalue weighted by molar-refractivity contribution is 5.98. The second-order valence-electron chi connectivity index (χ2n) is 11.7. The van der Waals surface area contributed by atoms with Gasteiger partial charge in [-0.3, -0.25) is 14.5 Å². The van der Waals surface area contributed by atoms with E-state index in [9.17, 15) is 9.59 Å². The van der Waals surface area contributed by atoms with Crippen LogP contribution in [0, 0.1) is 23.2 Å². The van der Waals surface area contributed by atoms with Crippen molar-refractivity contribution >= 4 is 28.5 Å². The van der Waals surface area contributed by atoms with E-state index < -0.39 is 0 Å². The van der Waals surface area contributed by atoms with Crippen molar-refractivity contribution in [3.8, 4) is 6.07 Å². The summed E-state index contributed by atoms with van der Waals surface area (Å²) < 4.78 is 5.85. The van der Waals surface area contributed by atoms with Crippen LogP contribution in [0.5, 0.6) is 0 Å². The highest BCUT2D eigenvalue weighted by Crippen LogP contribution is 2.31. The van der Waals surface area contributed by atoms with Gasteiger partial charge in [0.2, 0.25) is 5.91 Å². The summed E-state index contributed by atoms with van der Waals surface area (Å²) in [5, 5.41) is 16.0. The average Bonchev–Trinajstić information content (AvgIpc) is 3.69. The Morgan fingerprint density at radius 2 is 1.62 bits per heavy atom. The normalized spacial score (nSPS) is 19.4. The molecule has 3 aromatic rings. The monoisotopic (exact) mass is 539 g/mol. The van der Waals surface area contributed by atoms with E-state index >= 15 is 0 Å². The number of rotatable bonds is 8. The number of furan rings is 1. The molecule has 6 rings (SSSR count). The van der Waals surface area contributed by atoms with Crippen molar-refractivity contribution < 1.29 is 14.0 Å². The first-order valence-corrected chi connectivity index (χ1v) is 14.6. The molecule has 2 aromatic carbocycles. The number of amides is 2. The predicted molar refractivity (Wildman–Crippen MR) is 154 cm³/mol. The van der Waals surface area contributed by atoms with Crippen molar-refractivity contribution in [3.63, 3.8) is 0 Å². The lowest BCUT2D eigenvalue weighted by Crippen LogP contribution is -2.44. The van der Waals surface area contributed by atoms with Crippen molar-refractivity contribution in [2.75, 3.05) is 38.0 Å². The molecular formula is C32H37N5O3. The molecule has 2 N–H and O–H groups in total. The molecule has 8 nitrogen and oxygen atoms in total. The molecule has 1 saturated carbocycles. The van der Waals surface area contributed by atoms with Crippen LogP contribution < -0.4 is 10.6 Å². The van der Waals surface area contributed by atoms with E-state index in [0.29, 0.717) is 16.9 Å². The number of benzene rings is 2. The lowest BCUT2D eigenvalue weighted by molar-refractivity contribution is -0.121. The molecule has 3 fully saturated rings. The highest BCUT2D eigenvalue weighted by atomic mass is 16.3. The predicted octanol–water partition coefficient (Wildman–Crippen LogP) is 4.76. The number of nitrogens with one attached hydrogen (secondary N) is 2. The zero-order valence-corrected chi connectivity index (χ0v) is 22.9. The molecule has 208 valence electrons. The quantitative estimate of drug-likeness (QED) is 0.428. The largest absolute Gasteiger partial charge is 0.451 e.